The summed E-state index contributed by atoms with van der Waals surface area (Å²) < 4.78 is 0. The van der Waals surface area contributed by atoms with Gasteiger partial charge in [0.05, 0.1) is 5.69 Å². The molecule has 3 aromatic rings. The highest BCUT2D eigenvalue weighted by atomic mass is 32.1. The Morgan fingerprint density at radius 1 is 1.00 bits per heavy atom. The van der Waals surface area contributed by atoms with Gasteiger partial charge < -0.3 is 0 Å². The average molecular weight is 394 g/mol. The summed E-state index contributed by atoms with van der Waals surface area (Å²) >= 11 is 1.31. The fourth-order valence-corrected chi connectivity index (χ4v) is 3.90. The standard InChI is InChI=1S/C22H23N3O2S/c1-14-9-10-17(15(2)13-14)11-12-19(26)24-25-21(27)20-16(3)23-22(28-20)18-7-5-4-6-8-18/h4-10,13H,11-12H2,1-3H3,(H,24,26)(H,25,27). The zero-order valence-corrected chi connectivity index (χ0v) is 17.0. The number of nitrogens with one attached hydrogen (secondary N) is 2. The molecule has 0 aliphatic rings. The minimum Gasteiger partial charge on any atom is -0.273 e. The van der Waals surface area contributed by atoms with Crippen molar-refractivity contribution in [2.45, 2.75) is 33.6 Å². The third-order valence-electron chi connectivity index (χ3n) is 4.46. The van der Waals surface area contributed by atoms with E-state index in [1.54, 1.807) is 6.92 Å². The van der Waals surface area contributed by atoms with Gasteiger partial charge in [0.25, 0.3) is 5.91 Å². The molecule has 2 N–H and O–H groups in total. The predicted octanol–water partition coefficient (Wildman–Crippen LogP) is 4.13. The molecule has 1 aromatic heterocycles. The Labute approximate surface area is 168 Å². The van der Waals surface area contributed by atoms with Gasteiger partial charge in [0.1, 0.15) is 9.88 Å². The van der Waals surface area contributed by atoms with Gasteiger partial charge in [-0.25, -0.2) is 4.98 Å². The van der Waals surface area contributed by atoms with E-state index in [4.69, 9.17) is 0 Å². The van der Waals surface area contributed by atoms with Crippen LogP contribution < -0.4 is 10.9 Å². The molecule has 0 unspecified atom stereocenters. The molecular formula is C22H23N3O2S. The van der Waals surface area contributed by atoms with Crippen molar-refractivity contribution in [3.63, 3.8) is 0 Å². The van der Waals surface area contributed by atoms with Gasteiger partial charge in [0, 0.05) is 12.0 Å². The van der Waals surface area contributed by atoms with E-state index < -0.39 is 0 Å². The fourth-order valence-electron chi connectivity index (χ4n) is 2.93. The lowest BCUT2D eigenvalue weighted by molar-refractivity contribution is -0.121. The highest BCUT2D eigenvalue weighted by molar-refractivity contribution is 7.17. The largest absolute Gasteiger partial charge is 0.281 e. The Bertz CT molecular complexity index is 996. The van der Waals surface area contributed by atoms with Crippen molar-refractivity contribution in [2.75, 3.05) is 0 Å². The second-order valence-electron chi connectivity index (χ2n) is 6.73. The van der Waals surface area contributed by atoms with Crippen LogP contribution in [0, 0.1) is 20.8 Å². The van der Waals surface area contributed by atoms with Gasteiger partial charge in [0.15, 0.2) is 0 Å². The maximum absolute atomic E-state index is 12.4. The van der Waals surface area contributed by atoms with Crippen LogP contribution in [0.3, 0.4) is 0 Å². The molecule has 0 bridgehead atoms. The Kier molecular flexibility index (Phi) is 6.21. The van der Waals surface area contributed by atoms with Gasteiger partial charge in [0.2, 0.25) is 5.91 Å². The van der Waals surface area contributed by atoms with Crippen molar-refractivity contribution in [2.24, 2.45) is 0 Å². The number of hydrogen-bond acceptors (Lipinski definition) is 4. The van der Waals surface area contributed by atoms with Gasteiger partial charge >= 0.3 is 0 Å². The summed E-state index contributed by atoms with van der Waals surface area (Å²) in [6, 6.07) is 15.9. The Balaban J connectivity index is 1.55. The molecule has 0 aliphatic heterocycles. The molecule has 0 saturated heterocycles. The molecular weight excluding hydrogens is 370 g/mol. The summed E-state index contributed by atoms with van der Waals surface area (Å²) in [4.78, 5) is 29.5. The molecule has 2 amide bonds. The fraction of sp³-hybridized carbons (Fsp3) is 0.227. The summed E-state index contributed by atoms with van der Waals surface area (Å²) in [5, 5.41) is 0.782. The maximum Gasteiger partial charge on any atom is 0.281 e. The zero-order chi connectivity index (χ0) is 20.1. The van der Waals surface area contributed by atoms with Crippen molar-refractivity contribution in [3.8, 4) is 10.6 Å². The van der Waals surface area contributed by atoms with E-state index in [1.165, 1.54) is 22.5 Å². The van der Waals surface area contributed by atoms with Gasteiger partial charge in [-0.2, -0.15) is 0 Å². The first-order chi connectivity index (χ1) is 13.4. The lowest BCUT2D eigenvalue weighted by Gasteiger charge is -2.08. The lowest BCUT2D eigenvalue weighted by atomic mass is 10.0. The van der Waals surface area contributed by atoms with Crippen LogP contribution in [0.15, 0.2) is 48.5 Å². The number of rotatable bonds is 5. The molecule has 0 atom stereocenters. The Hall–Kier alpha value is -2.99. The molecule has 0 aliphatic carbocycles. The minimum atomic E-state index is -0.350. The first kappa shape index (κ1) is 19.8. The van der Waals surface area contributed by atoms with E-state index in [-0.39, 0.29) is 11.8 Å². The Morgan fingerprint density at radius 3 is 2.46 bits per heavy atom. The van der Waals surface area contributed by atoms with E-state index in [0.717, 1.165) is 16.1 Å². The number of nitrogens with zero attached hydrogens (tertiary/aromatic N) is 1. The number of carbonyl (C=O) groups excluding carboxylic acids is 2. The smallest absolute Gasteiger partial charge is 0.273 e. The summed E-state index contributed by atoms with van der Waals surface area (Å²) in [6.45, 7) is 5.88. The SMILES string of the molecule is Cc1ccc(CCC(=O)NNC(=O)c2sc(-c3ccccc3)nc2C)c(C)c1. The average Bonchev–Trinajstić information content (AvgIpc) is 3.08. The number of benzene rings is 2. The summed E-state index contributed by atoms with van der Waals surface area (Å²) in [5.41, 5.74) is 10.1. The van der Waals surface area contributed by atoms with Gasteiger partial charge in [-0.3, -0.25) is 20.4 Å². The van der Waals surface area contributed by atoms with Crippen molar-refractivity contribution in [1.29, 1.82) is 0 Å². The van der Waals surface area contributed by atoms with Gasteiger partial charge in [-0.1, -0.05) is 54.1 Å². The molecule has 0 spiro atoms. The molecule has 0 fully saturated rings. The summed E-state index contributed by atoms with van der Waals surface area (Å²) in [7, 11) is 0. The Morgan fingerprint density at radius 2 is 1.75 bits per heavy atom. The van der Waals surface area contributed by atoms with E-state index in [1.807, 2.05) is 56.3 Å². The molecule has 3 rings (SSSR count). The number of hydrogen-bond donors (Lipinski definition) is 2. The first-order valence-corrected chi connectivity index (χ1v) is 9.94. The highest BCUT2D eigenvalue weighted by Crippen LogP contribution is 2.27. The van der Waals surface area contributed by atoms with Crippen molar-refractivity contribution in [3.05, 3.63) is 75.8 Å². The number of carbonyl (C=O) groups is 2. The van der Waals surface area contributed by atoms with Crippen molar-refractivity contribution in [1.82, 2.24) is 15.8 Å². The number of hydrazine groups is 1. The second-order valence-corrected chi connectivity index (χ2v) is 7.73. The number of aromatic nitrogens is 1. The third kappa shape index (κ3) is 4.84. The summed E-state index contributed by atoms with van der Waals surface area (Å²) in [5.74, 6) is -0.573. The third-order valence-corrected chi connectivity index (χ3v) is 5.66. The van der Waals surface area contributed by atoms with Crippen molar-refractivity contribution < 1.29 is 9.59 Å². The quantitative estimate of drug-likeness (QED) is 0.640. The highest BCUT2D eigenvalue weighted by Gasteiger charge is 2.16. The predicted molar refractivity (Wildman–Crippen MR) is 112 cm³/mol. The molecule has 144 valence electrons. The molecule has 5 nitrogen and oxygen atoms in total. The van der Waals surface area contributed by atoms with Crippen LogP contribution in [-0.4, -0.2) is 16.8 Å². The molecule has 1 heterocycles. The van der Waals surface area contributed by atoms with Crippen LogP contribution in [-0.2, 0) is 11.2 Å². The van der Waals surface area contributed by atoms with Gasteiger partial charge in [-0.15, -0.1) is 11.3 Å². The maximum atomic E-state index is 12.4. The molecule has 6 heteroatoms. The number of amides is 2. The number of aryl methyl sites for hydroxylation is 4. The summed E-state index contributed by atoms with van der Waals surface area (Å²) in [6.07, 6.45) is 0.937. The second kappa shape index (κ2) is 8.80. The van der Waals surface area contributed by atoms with E-state index in [9.17, 15) is 9.59 Å². The van der Waals surface area contributed by atoms with Crippen LogP contribution in [0.4, 0.5) is 0 Å². The first-order valence-electron chi connectivity index (χ1n) is 9.12. The normalized spacial score (nSPS) is 10.5. The van der Waals surface area contributed by atoms with Crippen LogP contribution in [0.25, 0.3) is 10.6 Å². The van der Waals surface area contributed by atoms with Crippen LogP contribution in [0.5, 0.6) is 0 Å². The van der Waals surface area contributed by atoms with Crippen LogP contribution >= 0.6 is 11.3 Å². The lowest BCUT2D eigenvalue weighted by Crippen LogP contribution is -2.41. The minimum absolute atomic E-state index is 0.223. The van der Waals surface area contributed by atoms with E-state index >= 15 is 0 Å². The van der Waals surface area contributed by atoms with Crippen LogP contribution in [0.2, 0.25) is 0 Å². The van der Waals surface area contributed by atoms with E-state index in [0.29, 0.717) is 23.4 Å². The topological polar surface area (TPSA) is 71.1 Å². The monoisotopic (exact) mass is 393 g/mol. The van der Waals surface area contributed by atoms with E-state index in [2.05, 4.69) is 21.9 Å². The molecule has 0 saturated carbocycles. The molecule has 0 radical (unpaired) electrons. The molecule has 2 aromatic carbocycles. The number of thiazole rings is 1. The van der Waals surface area contributed by atoms with Crippen molar-refractivity contribution >= 4 is 23.2 Å². The van der Waals surface area contributed by atoms with Crippen LogP contribution in [0.1, 0.15) is 38.5 Å². The molecule has 28 heavy (non-hydrogen) atoms. The van der Waals surface area contributed by atoms with Gasteiger partial charge in [-0.05, 0) is 38.3 Å². The zero-order valence-electron chi connectivity index (χ0n) is 16.2.